The van der Waals surface area contributed by atoms with Crippen LogP contribution in [0.3, 0.4) is 0 Å². The first-order valence-electron chi connectivity index (χ1n) is 8.73. The summed E-state index contributed by atoms with van der Waals surface area (Å²) in [5.74, 6) is 0.764. The van der Waals surface area contributed by atoms with Crippen LogP contribution in [0.4, 0.5) is 11.4 Å². The van der Waals surface area contributed by atoms with Gasteiger partial charge in [0.25, 0.3) is 5.91 Å². The Labute approximate surface area is 154 Å². The van der Waals surface area contributed by atoms with E-state index in [4.69, 9.17) is 4.74 Å². The molecule has 0 fully saturated rings. The lowest BCUT2D eigenvalue weighted by Gasteiger charge is -2.11. The highest BCUT2D eigenvalue weighted by atomic mass is 16.5. The van der Waals surface area contributed by atoms with Gasteiger partial charge in [-0.3, -0.25) is 9.59 Å². The zero-order valence-electron chi connectivity index (χ0n) is 15.8. The Balaban J connectivity index is 1.84. The van der Waals surface area contributed by atoms with Crippen LogP contribution in [0.1, 0.15) is 31.4 Å². The molecule has 5 nitrogen and oxygen atoms in total. The molecular formula is C21H26N2O3. The van der Waals surface area contributed by atoms with E-state index in [0.29, 0.717) is 29.5 Å². The summed E-state index contributed by atoms with van der Waals surface area (Å²) in [6, 6.07) is 12.9. The third kappa shape index (κ3) is 6.24. The summed E-state index contributed by atoms with van der Waals surface area (Å²) in [5, 5.41) is 5.61. The first kappa shape index (κ1) is 19.5. The smallest absolute Gasteiger partial charge is 0.262 e. The van der Waals surface area contributed by atoms with Crippen LogP contribution in [0.2, 0.25) is 0 Å². The molecule has 0 aliphatic carbocycles. The predicted molar refractivity (Wildman–Crippen MR) is 105 cm³/mol. The van der Waals surface area contributed by atoms with Gasteiger partial charge in [-0.1, -0.05) is 31.5 Å². The average molecular weight is 354 g/mol. The van der Waals surface area contributed by atoms with Gasteiger partial charge in [0.2, 0.25) is 5.91 Å². The fourth-order valence-corrected chi connectivity index (χ4v) is 2.52. The van der Waals surface area contributed by atoms with Gasteiger partial charge in [0.15, 0.2) is 6.61 Å². The van der Waals surface area contributed by atoms with Crippen molar-refractivity contribution in [2.24, 2.45) is 5.92 Å². The molecule has 0 heterocycles. The zero-order valence-corrected chi connectivity index (χ0v) is 15.8. The maximum Gasteiger partial charge on any atom is 0.262 e. The van der Waals surface area contributed by atoms with Crippen LogP contribution in [0, 0.1) is 19.8 Å². The molecule has 0 atom stereocenters. The lowest BCUT2D eigenvalue weighted by Crippen LogP contribution is -2.20. The molecule has 2 aromatic rings. The van der Waals surface area contributed by atoms with E-state index >= 15 is 0 Å². The highest BCUT2D eigenvalue weighted by Gasteiger charge is 2.07. The van der Waals surface area contributed by atoms with Gasteiger partial charge < -0.3 is 15.4 Å². The van der Waals surface area contributed by atoms with Crippen molar-refractivity contribution in [1.29, 1.82) is 0 Å². The van der Waals surface area contributed by atoms with Crippen molar-refractivity contribution in [1.82, 2.24) is 0 Å². The number of nitrogens with one attached hydrogen (secondary N) is 2. The minimum absolute atomic E-state index is 0.0151. The standard InChI is InChI=1S/C21H26N2O3/c1-14(2)11-20(24)22-17-6-8-18(9-7-17)23-21(25)13-26-19-10-5-15(3)12-16(19)4/h5-10,12,14H,11,13H2,1-4H3,(H,22,24)(H,23,25). The van der Waals surface area contributed by atoms with Crippen molar-refractivity contribution in [3.8, 4) is 5.75 Å². The summed E-state index contributed by atoms with van der Waals surface area (Å²) in [7, 11) is 0. The van der Waals surface area contributed by atoms with Crippen LogP contribution in [0.25, 0.3) is 0 Å². The van der Waals surface area contributed by atoms with Crippen LogP contribution in [-0.2, 0) is 9.59 Å². The molecule has 26 heavy (non-hydrogen) atoms. The molecule has 0 unspecified atom stereocenters. The van der Waals surface area contributed by atoms with E-state index in [1.165, 1.54) is 0 Å². The molecule has 5 heteroatoms. The highest BCUT2D eigenvalue weighted by molar-refractivity contribution is 5.93. The quantitative estimate of drug-likeness (QED) is 0.779. The number of carbonyl (C=O) groups is 2. The van der Waals surface area contributed by atoms with Crippen molar-refractivity contribution >= 4 is 23.2 Å². The van der Waals surface area contributed by atoms with Crippen LogP contribution in [-0.4, -0.2) is 18.4 Å². The van der Waals surface area contributed by atoms with Crippen molar-refractivity contribution in [2.75, 3.05) is 17.2 Å². The summed E-state index contributed by atoms with van der Waals surface area (Å²) in [4.78, 5) is 23.8. The summed E-state index contributed by atoms with van der Waals surface area (Å²) >= 11 is 0. The molecule has 138 valence electrons. The van der Waals surface area contributed by atoms with Gasteiger partial charge in [-0.05, 0) is 55.7 Å². The summed E-state index contributed by atoms with van der Waals surface area (Å²) in [6.07, 6.45) is 0.480. The zero-order chi connectivity index (χ0) is 19.1. The van der Waals surface area contributed by atoms with Gasteiger partial charge in [-0.2, -0.15) is 0 Å². The second kappa shape index (κ2) is 9.04. The van der Waals surface area contributed by atoms with Crippen LogP contribution in [0.15, 0.2) is 42.5 Å². The summed E-state index contributed by atoms with van der Waals surface area (Å²) in [5.41, 5.74) is 3.51. The fraction of sp³-hybridized carbons (Fsp3) is 0.333. The topological polar surface area (TPSA) is 67.4 Å². The molecule has 2 amide bonds. The molecule has 0 aliphatic heterocycles. The molecule has 0 spiro atoms. The van der Waals surface area contributed by atoms with E-state index < -0.39 is 0 Å². The van der Waals surface area contributed by atoms with E-state index in [1.54, 1.807) is 24.3 Å². The highest BCUT2D eigenvalue weighted by Crippen LogP contribution is 2.19. The third-order valence-electron chi connectivity index (χ3n) is 3.74. The molecule has 0 radical (unpaired) electrons. The van der Waals surface area contributed by atoms with Crippen LogP contribution in [0.5, 0.6) is 5.75 Å². The molecule has 0 bridgehead atoms. The van der Waals surface area contributed by atoms with Gasteiger partial charge in [0, 0.05) is 17.8 Å². The molecule has 0 aromatic heterocycles. The Morgan fingerprint density at radius 1 is 0.923 bits per heavy atom. The second-order valence-corrected chi connectivity index (χ2v) is 6.83. The fourth-order valence-electron chi connectivity index (χ4n) is 2.52. The van der Waals surface area contributed by atoms with Gasteiger partial charge >= 0.3 is 0 Å². The maximum absolute atomic E-state index is 12.0. The van der Waals surface area contributed by atoms with E-state index in [-0.39, 0.29) is 18.4 Å². The summed E-state index contributed by atoms with van der Waals surface area (Å²) in [6.45, 7) is 7.90. The minimum atomic E-state index is -0.235. The van der Waals surface area contributed by atoms with Gasteiger partial charge in [-0.25, -0.2) is 0 Å². The van der Waals surface area contributed by atoms with Crippen molar-refractivity contribution in [3.05, 3.63) is 53.6 Å². The number of aryl methyl sites for hydroxylation is 2. The third-order valence-corrected chi connectivity index (χ3v) is 3.74. The van der Waals surface area contributed by atoms with E-state index in [1.807, 2.05) is 45.9 Å². The number of carbonyl (C=O) groups excluding carboxylic acids is 2. The second-order valence-electron chi connectivity index (χ2n) is 6.83. The minimum Gasteiger partial charge on any atom is -0.483 e. The SMILES string of the molecule is Cc1ccc(OCC(=O)Nc2ccc(NC(=O)CC(C)C)cc2)c(C)c1. The average Bonchev–Trinajstić information content (AvgIpc) is 2.55. The molecule has 2 aromatic carbocycles. The number of benzene rings is 2. The van der Waals surface area contributed by atoms with E-state index in [2.05, 4.69) is 10.6 Å². The first-order chi connectivity index (χ1) is 12.3. The van der Waals surface area contributed by atoms with Crippen molar-refractivity contribution in [3.63, 3.8) is 0 Å². The molecule has 0 saturated heterocycles. The van der Waals surface area contributed by atoms with E-state index in [0.717, 1.165) is 11.1 Å². The lowest BCUT2D eigenvalue weighted by molar-refractivity contribution is -0.118. The van der Waals surface area contributed by atoms with Gasteiger partial charge in [0.05, 0.1) is 0 Å². The number of amides is 2. The number of hydrogen-bond donors (Lipinski definition) is 2. The Kier molecular flexibility index (Phi) is 6.78. The number of anilines is 2. The van der Waals surface area contributed by atoms with Crippen molar-refractivity contribution < 1.29 is 14.3 Å². The molecule has 0 aliphatic rings. The van der Waals surface area contributed by atoms with Gasteiger partial charge in [0.1, 0.15) is 5.75 Å². The van der Waals surface area contributed by atoms with Crippen LogP contribution < -0.4 is 15.4 Å². The predicted octanol–water partition coefficient (Wildman–Crippen LogP) is 4.31. The van der Waals surface area contributed by atoms with E-state index in [9.17, 15) is 9.59 Å². The Morgan fingerprint density at radius 3 is 2.04 bits per heavy atom. The molecule has 0 saturated carbocycles. The monoisotopic (exact) mass is 354 g/mol. The first-order valence-corrected chi connectivity index (χ1v) is 8.73. The number of hydrogen-bond acceptors (Lipinski definition) is 3. The van der Waals surface area contributed by atoms with Gasteiger partial charge in [-0.15, -0.1) is 0 Å². The Hall–Kier alpha value is -2.82. The number of rotatable bonds is 7. The Bertz CT molecular complexity index is 767. The van der Waals surface area contributed by atoms with Crippen LogP contribution >= 0.6 is 0 Å². The normalized spacial score (nSPS) is 10.5. The largest absolute Gasteiger partial charge is 0.483 e. The molecule has 2 N–H and O–H groups in total. The number of ether oxygens (including phenoxy) is 1. The summed E-state index contributed by atoms with van der Waals surface area (Å²) < 4.78 is 5.57. The lowest BCUT2D eigenvalue weighted by atomic mass is 10.1. The molecular weight excluding hydrogens is 328 g/mol. The molecule has 2 rings (SSSR count). The maximum atomic E-state index is 12.0. The Morgan fingerprint density at radius 2 is 1.50 bits per heavy atom. The van der Waals surface area contributed by atoms with Crippen molar-refractivity contribution in [2.45, 2.75) is 34.1 Å².